The second kappa shape index (κ2) is 7.90. The van der Waals surface area contributed by atoms with E-state index in [2.05, 4.69) is 6.58 Å². The van der Waals surface area contributed by atoms with Crippen molar-refractivity contribution in [1.29, 1.82) is 0 Å². The number of hydrogen-bond acceptors (Lipinski definition) is 2. The van der Waals surface area contributed by atoms with Crippen molar-refractivity contribution >= 4 is 16.1 Å². The van der Waals surface area contributed by atoms with E-state index < -0.39 is 10.0 Å². The summed E-state index contributed by atoms with van der Waals surface area (Å²) in [6.07, 6.45) is 5.37. The molecule has 0 radical (unpaired) electrons. The molecule has 4 heteroatoms. The van der Waals surface area contributed by atoms with Crippen molar-refractivity contribution in [1.82, 2.24) is 4.31 Å². The zero-order chi connectivity index (χ0) is 16.7. The van der Waals surface area contributed by atoms with Crippen molar-refractivity contribution in [3.8, 4) is 0 Å². The van der Waals surface area contributed by atoms with Gasteiger partial charge in [-0.25, -0.2) is 8.42 Å². The minimum Gasteiger partial charge on any atom is -0.207 e. The molecule has 0 saturated carbocycles. The van der Waals surface area contributed by atoms with Gasteiger partial charge in [0.2, 0.25) is 10.0 Å². The molecule has 0 aliphatic heterocycles. The molecule has 0 aromatic heterocycles. The smallest absolute Gasteiger partial charge is 0.207 e. The van der Waals surface area contributed by atoms with Crippen LogP contribution in [0.15, 0.2) is 78.2 Å². The van der Waals surface area contributed by atoms with E-state index in [4.69, 9.17) is 0 Å². The Bertz CT molecular complexity index is 763. The Morgan fingerprint density at radius 3 is 2.26 bits per heavy atom. The van der Waals surface area contributed by atoms with Crippen LogP contribution in [-0.2, 0) is 10.0 Å². The summed E-state index contributed by atoms with van der Waals surface area (Å²) in [4.78, 5) is 0.304. The van der Waals surface area contributed by atoms with E-state index in [9.17, 15) is 8.42 Å². The number of aryl methyl sites for hydroxylation is 1. The molecule has 0 saturated heterocycles. The van der Waals surface area contributed by atoms with Crippen LogP contribution in [0, 0.1) is 6.92 Å². The van der Waals surface area contributed by atoms with Crippen LogP contribution in [0.5, 0.6) is 0 Å². The van der Waals surface area contributed by atoms with Gasteiger partial charge in [-0.2, -0.15) is 4.31 Å². The monoisotopic (exact) mass is 327 g/mol. The molecule has 0 bridgehead atoms. The first-order valence-electron chi connectivity index (χ1n) is 7.43. The predicted octanol–water partition coefficient (Wildman–Crippen LogP) is 3.89. The van der Waals surface area contributed by atoms with E-state index in [1.165, 1.54) is 4.31 Å². The molecule has 0 unspecified atom stereocenters. The average molecular weight is 327 g/mol. The minimum atomic E-state index is -3.52. The van der Waals surface area contributed by atoms with Crippen molar-refractivity contribution in [3.63, 3.8) is 0 Å². The lowest BCUT2D eigenvalue weighted by Crippen LogP contribution is -2.31. The van der Waals surface area contributed by atoms with E-state index in [-0.39, 0.29) is 6.54 Å². The summed E-state index contributed by atoms with van der Waals surface area (Å²) < 4.78 is 26.8. The van der Waals surface area contributed by atoms with Crippen LogP contribution in [0.4, 0.5) is 0 Å². The second-order valence-corrected chi connectivity index (χ2v) is 7.17. The predicted molar refractivity (Wildman–Crippen MR) is 95.6 cm³/mol. The van der Waals surface area contributed by atoms with E-state index in [1.807, 2.05) is 49.4 Å². The van der Waals surface area contributed by atoms with E-state index in [1.54, 1.807) is 30.3 Å². The normalized spacial score (nSPS) is 11.9. The third kappa shape index (κ3) is 4.65. The van der Waals surface area contributed by atoms with Gasteiger partial charge >= 0.3 is 0 Å². The third-order valence-corrected chi connectivity index (χ3v) is 5.26. The van der Waals surface area contributed by atoms with Crippen LogP contribution in [0.2, 0.25) is 0 Å². The van der Waals surface area contributed by atoms with Crippen molar-refractivity contribution in [3.05, 3.63) is 84.5 Å². The SMILES string of the molecule is C=CCN(C/C=C/c1ccccc1)S(=O)(=O)c1ccc(C)cc1. The van der Waals surface area contributed by atoms with Crippen LogP contribution < -0.4 is 0 Å². The maximum absolute atomic E-state index is 12.7. The van der Waals surface area contributed by atoms with E-state index >= 15 is 0 Å². The van der Waals surface area contributed by atoms with Gasteiger partial charge < -0.3 is 0 Å². The second-order valence-electron chi connectivity index (χ2n) is 5.24. The van der Waals surface area contributed by atoms with Gasteiger partial charge in [-0.3, -0.25) is 0 Å². The minimum absolute atomic E-state index is 0.273. The molecule has 0 aliphatic rings. The third-order valence-electron chi connectivity index (χ3n) is 3.41. The lowest BCUT2D eigenvalue weighted by atomic mass is 10.2. The zero-order valence-corrected chi connectivity index (χ0v) is 14.0. The number of rotatable bonds is 7. The Morgan fingerprint density at radius 2 is 1.65 bits per heavy atom. The number of benzene rings is 2. The molecular formula is C19H21NO2S. The van der Waals surface area contributed by atoms with E-state index in [0.717, 1.165) is 11.1 Å². The largest absolute Gasteiger partial charge is 0.243 e. The molecule has 0 N–H and O–H groups in total. The van der Waals surface area contributed by atoms with Crippen LogP contribution >= 0.6 is 0 Å². The molecule has 2 rings (SSSR count). The highest BCUT2D eigenvalue weighted by Gasteiger charge is 2.22. The highest BCUT2D eigenvalue weighted by Crippen LogP contribution is 2.16. The highest BCUT2D eigenvalue weighted by atomic mass is 32.2. The molecule has 120 valence electrons. The first kappa shape index (κ1) is 17.2. The summed E-state index contributed by atoms with van der Waals surface area (Å²) in [6, 6.07) is 16.7. The van der Waals surface area contributed by atoms with Gasteiger partial charge in [0, 0.05) is 13.1 Å². The topological polar surface area (TPSA) is 37.4 Å². The molecule has 3 nitrogen and oxygen atoms in total. The van der Waals surface area contributed by atoms with Gasteiger partial charge in [0.15, 0.2) is 0 Å². The summed E-state index contributed by atoms with van der Waals surface area (Å²) >= 11 is 0. The molecule has 0 spiro atoms. The Balaban J connectivity index is 2.18. The Hall–Kier alpha value is -2.17. The maximum Gasteiger partial charge on any atom is 0.243 e. The maximum atomic E-state index is 12.7. The summed E-state index contributed by atoms with van der Waals surface area (Å²) in [7, 11) is -3.52. The Kier molecular flexibility index (Phi) is 5.90. The molecular weight excluding hydrogens is 306 g/mol. The number of sulfonamides is 1. The van der Waals surface area contributed by atoms with Gasteiger partial charge in [-0.05, 0) is 24.6 Å². The summed E-state index contributed by atoms with van der Waals surface area (Å²) in [5.41, 5.74) is 2.07. The fraction of sp³-hybridized carbons (Fsp3) is 0.158. The molecule has 2 aromatic carbocycles. The standard InChI is InChI=1S/C19H21NO2S/c1-3-15-20(16-7-10-18-8-5-4-6-9-18)23(21,22)19-13-11-17(2)12-14-19/h3-14H,1,15-16H2,2H3/b10-7+. The summed E-state index contributed by atoms with van der Waals surface area (Å²) in [5.74, 6) is 0. The average Bonchev–Trinajstić information content (AvgIpc) is 2.55. The van der Waals surface area contributed by atoms with Crippen LogP contribution in [-0.4, -0.2) is 25.8 Å². The Labute approximate surface area is 138 Å². The van der Waals surface area contributed by atoms with Crippen LogP contribution in [0.1, 0.15) is 11.1 Å². The highest BCUT2D eigenvalue weighted by molar-refractivity contribution is 7.89. The lowest BCUT2D eigenvalue weighted by Gasteiger charge is -2.19. The quantitative estimate of drug-likeness (QED) is 0.724. The fourth-order valence-corrected chi connectivity index (χ4v) is 3.51. The summed E-state index contributed by atoms with van der Waals surface area (Å²) in [6.45, 7) is 6.16. The zero-order valence-electron chi connectivity index (χ0n) is 13.2. The van der Waals surface area contributed by atoms with Crippen molar-refractivity contribution in [2.45, 2.75) is 11.8 Å². The van der Waals surface area contributed by atoms with Crippen LogP contribution in [0.3, 0.4) is 0 Å². The first-order chi connectivity index (χ1) is 11.0. The number of hydrogen-bond donors (Lipinski definition) is 0. The summed E-state index contributed by atoms with van der Waals surface area (Å²) in [5, 5.41) is 0. The molecule has 23 heavy (non-hydrogen) atoms. The van der Waals surface area contributed by atoms with Crippen LogP contribution in [0.25, 0.3) is 6.08 Å². The van der Waals surface area contributed by atoms with Gasteiger partial charge in [0.25, 0.3) is 0 Å². The van der Waals surface area contributed by atoms with Gasteiger partial charge in [-0.1, -0.05) is 66.3 Å². The van der Waals surface area contributed by atoms with Crippen molar-refractivity contribution < 1.29 is 8.42 Å². The Morgan fingerprint density at radius 1 is 1.00 bits per heavy atom. The fourth-order valence-electron chi connectivity index (χ4n) is 2.14. The molecule has 0 heterocycles. The molecule has 0 aliphatic carbocycles. The van der Waals surface area contributed by atoms with Gasteiger partial charge in [0.1, 0.15) is 0 Å². The van der Waals surface area contributed by atoms with Crippen molar-refractivity contribution in [2.75, 3.05) is 13.1 Å². The molecule has 2 aromatic rings. The molecule has 0 amide bonds. The first-order valence-corrected chi connectivity index (χ1v) is 8.87. The van der Waals surface area contributed by atoms with E-state index in [0.29, 0.717) is 11.4 Å². The molecule has 0 fully saturated rings. The van der Waals surface area contributed by atoms with Crippen molar-refractivity contribution in [2.24, 2.45) is 0 Å². The van der Waals surface area contributed by atoms with Gasteiger partial charge in [0.05, 0.1) is 4.90 Å². The number of nitrogens with zero attached hydrogens (tertiary/aromatic N) is 1. The lowest BCUT2D eigenvalue weighted by molar-refractivity contribution is 0.474. The molecule has 0 atom stereocenters. The van der Waals surface area contributed by atoms with Gasteiger partial charge in [-0.15, -0.1) is 6.58 Å².